The molecule has 1 heterocycles. The van der Waals surface area contributed by atoms with Gasteiger partial charge < -0.3 is 5.11 Å². The molecule has 2 atom stereocenters. The van der Waals surface area contributed by atoms with Crippen molar-refractivity contribution in [3.63, 3.8) is 0 Å². The Hall–Kier alpha value is -1.39. The molecule has 0 radical (unpaired) electrons. The van der Waals surface area contributed by atoms with E-state index in [4.69, 9.17) is 5.11 Å². The number of carboxylic acid groups (broad SMARTS) is 1. The van der Waals surface area contributed by atoms with Crippen LogP contribution in [0.25, 0.3) is 0 Å². The molecule has 0 spiro atoms. The molecule has 2 aliphatic rings. The molecule has 0 aromatic rings. The lowest BCUT2D eigenvalue weighted by Gasteiger charge is -2.25. The average Bonchev–Trinajstić information content (AvgIpc) is 2.68. The van der Waals surface area contributed by atoms with Gasteiger partial charge in [0.2, 0.25) is 11.8 Å². The van der Waals surface area contributed by atoms with Crippen molar-refractivity contribution in [2.24, 2.45) is 5.92 Å². The summed E-state index contributed by atoms with van der Waals surface area (Å²) < 4.78 is 0. The molecule has 0 unspecified atom stereocenters. The van der Waals surface area contributed by atoms with Crippen molar-refractivity contribution < 1.29 is 19.5 Å². The summed E-state index contributed by atoms with van der Waals surface area (Å²) in [5.41, 5.74) is 0. The monoisotopic (exact) mass is 239 g/mol. The number of aliphatic carboxylic acids is 1. The van der Waals surface area contributed by atoms with Crippen molar-refractivity contribution in [3.8, 4) is 0 Å². The Balaban J connectivity index is 2.07. The molecule has 1 saturated heterocycles. The predicted octanol–water partition coefficient (Wildman–Crippen LogP) is 1.17. The number of likely N-dealkylation sites (tertiary alicyclic amines) is 1. The van der Waals surface area contributed by atoms with Gasteiger partial charge >= 0.3 is 5.97 Å². The molecule has 0 aromatic heterocycles. The Morgan fingerprint density at radius 2 is 1.71 bits per heavy atom. The first kappa shape index (κ1) is 12.1. The number of amides is 2. The number of carboxylic acids is 1. The van der Waals surface area contributed by atoms with E-state index < -0.39 is 11.9 Å². The summed E-state index contributed by atoms with van der Waals surface area (Å²) in [5.74, 6) is -1.46. The summed E-state index contributed by atoms with van der Waals surface area (Å²) >= 11 is 0. The van der Waals surface area contributed by atoms with Gasteiger partial charge in [-0.15, -0.1) is 0 Å². The molecule has 5 heteroatoms. The molecule has 94 valence electrons. The number of hydrogen-bond acceptors (Lipinski definition) is 3. The molecule has 2 fully saturated rings. The molecule has 1 N–H and O–H groups in total. The lowest BCUT2D eigenvalue weighted by molar-refractivity contribution is -0.148. The summed E-state index contributed by atoms with van der Waals surface area (Å²) in [4.78, 5) is 35.9. The maximum Gasteiger partial charge on any atom is 0.306 e. The minimum absolute atomic E-state index is 0.122. The summed E-state index contributed by atoms with van der Waals surface area (Å²) in [6.45, 7) is 0. The quantitative estimate of drug-likeness (QED) is 0.734. The van der Waals surface area contributed by atoms with Gasteiger partial charge in [-0.3, -0.25) is 19.3 Å². The number of imide groups is 1. The highest BCUT2D eigenvalue weighted by Crippen LogP contribution is 2.31. The minimum atomic E-state index is -0.817. The molecule has 0 aromatic carbocycles. The van der Waals surface area contributed by atoms with E-state index in [1.807, 2.05) is 0 Å². The van der Waals surface area contributed by atoms with Gasteiger partial charge in [0.1, 0.15) is 0 Å². The van der Waals surface area contributed by atoms with Crippen LogP contribution in [0.2, 0.25) is 0 Å². The Kier molecular flexibility index (Phi) is 3.45. The summed E-state index contributed by atoms with van der Waals surface area (Å²) in [6.07, 6.45) is 3.98. The normalized spacial score (nSPS) is 30.5. The number of carbonyl (C=O) groups is 3. The number of carbonyl (C=O) groups excluding carboxylic acids is 2. The van der Waals surface area contributed by atoms with Crippen LogP contribution < -0.4 is 0 Å². The van der Waals surface area contributed by atoms with Crippen LogP contribution in [0, 0.1) is 5.92 Å². The van der Waals surface area contributed by atoms with Crippen molar-refractivity contribution in [2.75, 3.05) is 0 Å². The highest BCUT2D eigenvalue weighted by molar-refractivity contribution is 5.96. The van der Waals surface area contributed by atoms with Gasteiger partial charge in [0.05, 0.1) is 5.92 Å². The van der Waals surface area contributed by atoms with Crippen molar-refractivity contribution >= 4 is 17.8 Å². The second-order valence-corrected chi connectivity index (χ2v) is 4.87. The van der Waals surface area contributed by atoms with Gasteiger partial charge in [-0.25, -0.2) is 0 Å². The van der Waals surface area contributed by atoms with Crippen LogP contribution in [-0.4, -0.2) is 33.8 Å². The van der Waals surface area contributed by atoms with Gasteiger partial charge in [0, 0.05) is 18.9 Å². The number of rotatable bonds is 2. The van der Waals surface area contributed by atoms with E-state index in [-0.39, 0.29) is 17.9 Å². The molecule has 17 heavy (non-hydrogen) atoms. The molecule has 0 bridgehead atoms. The van der Waals surface area contributed by atoms with E-state index >= 15 is 0 Å². The van der Waals surface area contributed by atoms with Gasteiger partial charge in [-0.1, -0.05) is 0 Å². The first-order valence-corrected chi connectivity index (χ1v) is 6.17. The van der Waals surface area contributed by atoms with Crippen molar-refractivity contribution in [1.82, 2.24) is 4.90 Å². The standard InChI is InChI=1S/C12H17NO4/c14-10-3-1-2-4-11(15)13(10)9-6-5-8(7-9)12(16)17/h8-9H,1-7H2,(H,16,17)/t8-,9+/m1/s1. The highest BCUT2D eigenvalue weighted by atomic mass is 16.4. The first-order chi connectivity index (χ1) is 8.09. The fourth-order valence-electron chi connectivity index (χ4n) is 2.76. The fourth-order valence-corrected chi connectivity index (χ4v) is 2.76. The van der Waals surface area contributed by atoms with Crippen LogP contribution in [0.1, 0.15) is 44.9 Å². The zero-order chi connectivity index (χ0) is 12.4. The molecule has 2 amide bonds. The van der Waals surface area contributed by atoms with Crippen molar-refractivity contribution in [2.45, 2.75) is 51.0 Å². The van der Waals surface area contributed by atoms with Crippen molar-refractivity contribution in [1.29, 1.82) is 0 Å². The zero-order valence-corrected chi connectivity index (χ0v) is 9.72. The van der Waals surface area contributed by atoms with E-state index in [1.165, 1.54) is 4.90 Å². The van der Waals surface area contributed by atoms with Gasteiger partial charge in [-0.05, 0) is 32.1 Å². The van der Waals surface area contributed by atoms with Crippen LogP contribution in [0.15, 0.2) is 0 Å². The molecular weight excluding hydrogens is 222 g/mol. The largest absolute Gasteiger partial charge is 0.481 e. The zero-order valence-electron chi connectivity index (χ0n) is 9.72. The van der Waals surface area contributed by atoms with Crippen LogP contribution in [-0.2, 0) is 14.4 Å². The summed E-state index contributed by atoms with van der Waals surface area (Å²) in [5, 5.41) is 8.93. The van der Waals surface area contributed by atoms with Crippen LogP contribution in [0.4, 0.5) is 0 Å². The maximum atomic E-state index is 11.8. The lowest BCUT2D eigenvalue weighted by atomic mass is 10.1. The smallest absolute Gasteiger partial charge is 0.306 e. The highest BCUT2D eigenvalue weighted by Gasteiger charge is 2.38. The van der Waals surface area contributed by atoms with E-state index in [2.05, 4.69) is 0 Å². The molecular formula is C12H17NO4. The number of hydrogen-bond donors (Lipinski definition) is 1. The summed E-state index contributed by atoms with van der Waals surface area (Å²) in [6, 6.07) is -0.186. The van der Waals surface area contributed by atoms with Crippen LogP contribution in [0.5, 0.6) is 0 Å². The molecule has 1 aliphatic heterocycles. The van der Waals surface area contributed by atoms with Crippen LogP contribution in [0.3, 0.4) is 0 Å². The predicted molar refractivity (Wildman–Crippen MR) is 59.1 cm³/mol. The second kappa shape index (κ2) is 4.85. The molecule has 1 aliphatic carbocycles. The van der Waals surface area contributed by atoms with Crippen LogP contribution >= 0.6 is 0 Å². The van der Waals surface area contributed by atoms with E-state index in [0.717, 1.165) is 12.8 Å². The topological polar surface area (TPSA) is 74.7 Å². The van der Waals surface area contributed by atoms with Gasteiger partial charge in [-0.2, -0.15) is 0 Å². The van der Waals surface area contributed by atoms with Gasteiger partial charge in [0.25, 0.3) is 0 Å². The van der Waals surface area contributed by atoms with Gasteiger partial charge in [0.15, 0.2) is 0 Å². The lowest BCUT2D eigenvalue weighted by Crippen LogP contribution is -2.42. The number of nitrogens with zero attached hydrogens (tertiary/aromatic N) is 1. The Bertz CT molecular complexity index is 334. The van der Waals surface area contributed by atoms with Crippen molar-refractivity contribution in [3.05, 3.63) is 0 Å². The third kappa shape index (κ3) is 2.48. The third-order valence-corrected chi connectivity index (χ3v) is 3.69. The van der Waals surface area contributed by atoms with E-state index in [9.17, 15) is 14.4 Å². The molecule has 1 saturated carbocycles. The Labute approximate surface area is 99.8 Å². The fraction of sp³-hybridized carbons (Fsp3) is 0.750. The summed E-state index contributed by atoms with van der Waals surface area (Å²) in [7, 11) is 0. The molecule has 5 nitrogen and oxygen atoms in total. The minimum Gasteiger partial charge on any atom is -0.481 e. The second-order valence-electron chi connectivity index (χ2n) is 4.87. The third-order valence-electron chi connectivity index (χ3n) is 3.69. The average molecular weight is 239 g/mol. The first-order valence-electron chi connectivity index (χ1n) is 6.17. The van der Waals surface area contributed by atoms with E-state index in [0.29, 0.717) is 32.1 Å². The van der Waals surface area contributed by atoms with E-state index in [1.54, 1.807) is 0 Å². The maximum absolute atomic E-state index is 11.8. The SMILES string of the molecule is O=C(O)[C@@H]1CC[C@H](N2C(=O)CCCCC2=O)C1. The molecule has 2 rings (SSSR count). The Morgan fingerprint density at radius 3 is 2.18 bits per heavy atom. The Morgan fingerprint density at radius 1 is 1.12 bits per heavy atom.